The maximum atomic E-state index is 11.2. The molecule has 0 aliphatic heterocycles. The minimum atomic E-state index is -0.596. The zero-order valence-corrected chi connectivity index (χ0v) is 8.60. The lowest BCUT2D eigenvalue weighted by molar-refractivity contribution is 0.0587. The number of aromatic nitrogens is 4. The first-order chi connectivity index (χ1) is 7.26. The van der Waals surface area contributed by atoms with Crippen molar-refractivity contribution in [2.75, 3.05) is 7.11 Å². The highest BCUT2D eigenvalue weighted by Crippen LogP contribution is 2.06. The Hall–Kier alpha value is -1.69. The van der Waals surface area contributed by atoms with E-state index in [1.807, 2.05) is 0 Å². The summed E-state index contributed by atoms with van der Waals surface area (Å²) in [6, 6.07) is 1.70. The second-order valence-electron chi connectivity index (χ2n) is 2.71. The first-order valence-electron chi connectivity index (χ1n) is 4.11. The molecule has 0 atom stereocenters. The number of nitrogens with zero attached hydrogens (tertiary/aromatic N) is 4. The minimum absolute atomic E-state index is 0.0254. The number of carbonyl (C=O) groups is 1. The standard InChI is InChI=1S/C8H7ClN4O2/c1-15-7(14)6-11-8-10-3-2-5(4-9)13(8)12-6/h2-3H,4H2,1H3. The quantitative estimate of drug-likeness (QED) is 0.556. The van der Waals surface area contributed by atoms with Crippen LogP contribution in [0.1, 0.15) is 16.3 Å². The van der Waals surface area contributed by atoms with E-state index in [1.54, 1.807) is 12.3 Å². The summed E-state index contributed by atoms with van der Waals surface area (Å²) in [6.07, 6.45) is 1.56. The average Bonchev–Trinajstić information content (AvgIpc) is 2.71. The molecule has 0 spiro atoms. The summed E-state index contributed by atoms with van der Waals surface area (Å²) in [5, 5.41) is 3.94. The third-order valence-electron chi connectivity index (χ3n) is 1.82. The first kappa shape index (κ1) is 9.85. The van der Waals surface area contributed by atoms with Gasteiger partial charge in [0, 0.05) is 6.20 Å². The van der Waals surface area contributed by atoms with Gasteiger partial charge in [-0.25, -0.2) is 9.78 Å². The molecule has 0 bridgehead atoms. The fourth-order valence-electron chi connectivity index (χ4n) is 1.12. The Morgan fingerprint density at radius 2 is 2.47 bits per heavy atom. The van der Waals surface area contributed by atoms with Gasteiger partial charge >= 0.3 is 5.97 Å². The van der Waals surface area contributed by atoms with Crippen molar-refractivity contribution < 1.29 is 9.53 Å². The SMILES string of the molecule is COC(=O)c1nc2nccc(CCl)n2n1. The van der Waals surface area contributed by atoms with Crippen molar-refractivity contribution in [2.24, 2.45) is 0 Å². The van der Waals surface area contributed by atoms with Gasteiger partial charge in [-0.3, -0.25) is 0 Å². The second kappa shape index (κ2) is 3.82. The molecule has 0 saturated carbocycles. The number of methoxy groups -OCH3 is 1. The lowest BCUT2D eigenvalue weighted by Crippen LogP contribution is -2.04. The topological polar surface area (TPSA) is 69.4 Å². The van der Waals surface area contributed by atoms with Crippen LogP contribution in [0.5, 0.6) is 0 Å². The van der Waals surface area contributed by atoms with E-state index in [2.05, 4.69) is 19.8 Å². The zero-order chi connectivity index (χ0) is 10.8. The second-order valence-corrected chi connectivity index (χ2v) is 2.98. The number of esters is 1. The molecule has 2 aromatic heterocycles. The molecule has 0 N–H and O–H groups in total. The van der Waals surface area contributed by atoms with Crippen molar-refractivity contribution >= 4 is 23.3 Å². The maximum absolute atomic E-state index is 11.2. The Bertz CT molecular complexity index is 510. The Labute approximate surface area is 89.9 Å². The predicted molar refractivity (Wildman–Crippen MR) is 51.7 cm³/mol. The number of alkyl halides is 1. The molecule has 0 unspecified atom stereocenters. The number of hydrogen-bond acceptors (Lipinski definition) is 5. The highest BCUT2D eigenvalue weighted by atomic mass is 35.5. The van der Waals surface area contributed by atoms with E-state index >= 15 is 0 Å². The van der Waals surface area contributed by atoms with E-state index in [0.717, 1.165) is 0 Å². The zero-order valence-electron chi connectivity index (χ0n) is 7.85. The Balaban J connectivity index is 2.60. The molecule has 2 aromatic rings. The largest absolute Gasteiger partial charge is 0.463 e. The molecule has 2 heterocycles. The normalized spacial score (nSPS) is 10.5. The lowest BCUT2D eigenvalue weighted by atomic mass is 10.5. The van der Waals surface area contributed by atoms with E-state index in [9.17, 15) is 4.79 Å². The lowest BCUT2D eigenvalue weighted by Gasteiger charge is -1.96. The van der Waals surface area contributed by atoms with Crippen molar-refractivity contribution in [1.29, 1.82) is 0 Å². The maximum Gasteiger partial charge on any atom is 0.378 e. The number of ether oxygens (including phenoxy) is 1. The fraction of sp³-hybridized carbons (Fsp3) is 0.250. The minimum Gasteiger partial charge on any atom is -0.463 e. The molecule has 0 aliphatic carbocycles. The molecule has 0 saturated heterocycles. The molecule has 0 fully saturated rings. The third-order valence-corrected chi connectivity index (χ3v) is 2.10. The van der Waals surface area contributed by atoms with Gasteiger partial charge in [0.2, 0.25) is 0 Å². The summed E-state index contributed by atoms with van der Waals surface area (Å²) in [6.45, 7) is 0. The van der Waals surface area contributed by atoms with Crippen molar-refractivity contribution in [3.8, 4) is 0 Å². The van der Waals surface area contributed by atoms with Gasteiger partial charge in [-0.15, -0.1) is 16.7 Å². The summed E-state index contributed by atoms with van der Waals surface area (Å²) in [5.74, 6) is -0.0275. The van der Waals surface area contributed by atoms with Crippen molar-refractivity contribution in [3.05, 3.63) is 23.8 Å². The van der Waals surface area contributed by atoms with E-state index in [0.29, 0.717) is 11.5 Å². The fourth-order valence-corrected chi connectivity index (χ4v) is 1.32. The van der Waals surface area contributed by atoms with E-state index in [4.69, 9.17) is 11.6 Å². The summed E-state index contributed by atoms with van der Waals surface area (Å²) in [7, 11) is 1.27. The van der Waals surface area contributed by atoms with Crippen LogP contribution >= 0.6 is 11.6 Å². The summed E-state index contributed by atoms with van der Waals surface area (Å²) >= 11 is 5.70. The molecule has 7 heteroatoms. The van der Waals surface area contributed by atoms with Gasteiger partial charge in [-0.2, -0.15) is 9.50 Å². The first-order valence-corrected chi connectivity index (χ1v) is 4.64. The van der Waals surface area contributed by atoms with Gasteiger partial charge in [-0.05, 0) is 6.07 Å². The molecule has 0 aromatic carbocycles. The summed E-state index contributed by atoms with van der Waals surface area (Å²) in [5.41, 5.74) is 0.712. The molecule has 15 heavy (non-hydrogen) atoms. The summed E-state index contributed by atoms with van der Waals surface area (Å²) in [4.78, 5) is 19.0. The molecular weight excluding hydrogens is 220 g/mol. The van der Waals surface area contributed by atoms with Crippen LogP contribution in [0.15, 0.2) is 12.3 Å². The molecule has 0 amide bonds. The third kappa shape index (κ3) is 1.63. The van der Waals surface area contributed by atoms with Gasteiger partial charge in [0.25, 0.3) is 11.6 Å². The molecule has 0 radical (unpaired) electrons. The predicted octanol–water partition coefficient (Wildman–Crippen LogP) is 0.650. The van der Waals surface area contributed by atoms with Crippen LogP contribution in [0.3, 0.4) is 0 Å². The highest BCUT2D eigenvalue weighted by molar-refractivity contribution is 6.16. The van der Waals surface area contributed by atoms with Gasteiger partial charge in [0.1, 0.15) is 0 Å². The number of fused-ring (bicyclic) bond motifs is 1. The number of hydrogen-bond donors (Lipinski definition) is 0. The number of carbonyl (C=O) groups excluding carboxylic acids is 1. The average molecular weight is 227 g/mol. The van der Waals surface area contributed by atoms with Crippen LogP contribution in [-0.2, 0) is 10.6 Å². The van der Waals surface area contributed by atoms with Crippen molar-refractivity contribution in [2.45, 2.75) is 5.88 Å². The smallest absolute Gasteiger partial charge is 0.378 e. The van der Waals surface area contributed by atoms with Gasteiger partial charge in [0.15, 0.2) is 0 Å². The monoisotopic (exact) mass is 226 g/mol. The van der Waals surface area contributed by atoms with Crippen LogP contribution in [-0.4, -0.2) is 32.7 Å². The van der Waals surface area contributed by atoms with E-state index in [1.165, 1.54) is 11.6 Å². The van der Waals surface area contributed by atoms with Gasteiger partial charge < -0.3 is 4.74 Å². The molecular formula is C8H7ClN4O2. The van der Waals surface area contributed by atoms with Crippen molar-refractivity contribution in [3.63, 3.8) is 0 Å². The van der Waals surface area contributed by atoms with Crippen LogP contribution < -0.4 is 0 Å². The highest BCUT2D eigenvalue weighted by Gasteiger charge is 2.14. The molecule has 6 nitrogen and oxygen atoms in total. The van der Waals surface area contributed by atoms with E-state index in [-0.39, 0.29) is 11.7 Å². The van der Waals surface area contributed by atoms with Crippen molar-refractivity contribution in [1.82, 2.24) is 19.6 Å². The molecule has 78 valence electrons. The van der Waals surface area contributed by atoms with Gasteiger partial charge in [0.05, 0.1) is 18.7 Å². The Kier molecular flexibility index (Phi) is 2.51. The van der Waals surface area contributed by atoms with Crippen LogP contribution in [0.25, 0.3) is 5.78 Å². The molecule has 2 rings (SSSR count). The van der Waals surface area contributed by atoms with Gasteiger partial charge in [-0.1, -0.05) is 0 Å². The van der Waals surface area contributed by atoms with Crippen LogP contribution in [0.2, 0.25) is 0 Å². The Morgan fingerprint density at radius 3 is 3.13 bits per heavy atom. The molecule has 0 aliphatic rings. The van der Waals surface area contributed by atoms with Crippen LogP contribution in [0, 0.1) is 0 Å². The number of rotatable bonds is 2. The van der Waals surface area contributed by atoms with E-state index < -0.39 is 5.97 Å². The Morgan fingerprint density at radius 1 is 1.67 bits per heavy atom. The number of halogens is 1. The van der Waals surface area contributed by atoms with Crippen LogP contribution in [0.4, 0.5) is 0 Å². The summed E-state index contributed by atoms with van der Waals surface area (Å²) < 4.78 is 5.92.